The van der Waals surface area contributed by atoms with Crippen molar-refractivity contribution in [2.75, 3.05) is 26.8 Å². The topological polar surface area (TPSA) is 55.3 Å². The second kappa shape index (κ2) is 6.50. The first kappa shape index (κ1) is 15.2. The van der Waals surface area contributed by atoms with Crippen LogP contribution in [-0.2, 0) is 4.74 Å². The van der Waals surface area contributed by atoms with Crippen LogP contribution < -0.4 is 0 Å². The van der Waals surface area contributed by atoms with E-state index in [2.05, 4.69) is 9.97 Å². The SMILES string of the molecule is COCC1CCN(C(=O)c2nc(C(C)C)ncc2Cl)C1. The van der Waals surface area contributed by atoms with Gasteiger partial charge in [0, 0.05) is 32.0 Å². The third-order valence-electron chi connectivity index (χ3n) is 3.46. The molecule has 2 heterocycles. The summed E-state index contributed by atoms with van der Waals surface area (Å²) >= 11 is 6.07. The first-order chi connectivity index (χ1) is 9.52. The molecule has 1 atom stereocenters. The Kier molecular flexibility index (Phi) is 4.94. The van der Waals surface area contributed by atoms with Gasteiger partial charge in [-0.15, -0.1) is 0 Å². The predicted molar refractivity (Wildman–Crippen MR) is 77.0 cm³/mol. The number of nitrogens with zero attached hydrogens (tertiary/aromatic N) is 3. The number of hydrogen-bond acceptors (Lipinski definition) is 4. The van der Waals surface area contributed by atoms with Crippen LogP contribution in [0.4, 0.5) is 0 Å². The van der Waals surface area contributed by atoms with Crippen molar-refractivity contribution < 1.29 is 9.53 Å². The van der Waals surface area contributed by atoms with Crippen molar-refractivity contribution in [3.05, 3.63) is 22.7 Å². The van der Waals surface area contributed by atoms with Gasteiger partial charge in [0.25, 0.3) is 5.91 Å². The number of rotatable bonds is 4. The Morgan fingerprint density at radius 3 is 3.00 bits per heavy atom. The molecule has 1 amide bonds. The minimum absolute atomic E-state index is 0.113. The minimum Gasteiger partial charge on any atom is -0.384 e. The van der Waals surface area contributed by atoms with E-state index in [1.807, 2.05) is 13.8 Å². The summed E-state index contributed by atoms with van der Waals surface area (Å²) in [5.41, 5.74) is 0.309. The predicted octanol–water partition coefficient (Wildman–Crippen LogP) is 2.36. The number of amides is 1. The molecule has 1 aliphatic rings. The fraction of sp³-hybridized carbons (Fsp3) is 0.643. The Morgan fingerprint density at radius 1 is 1.60 bits per heavy atom. The molecule has 0 bridgehead atoms. The van der Waals surface area contributed by atoms with E-state index < -0.39 is 0 Å². The van der Waals surface area contributed by atoms with Gasteiger partial charge in [-0.25, -0.2) is 9.97 Å². The smallest absolute Gasteiger partial charge is 0.274 e. The summed E-state index contributed by atoms with van der Waals surface area (Å²) < 4.78 is 5.14. The largest absolute Gasteiger partial charge is 0.384 e. The molecule has 0 aromatic carbocycles. The number of halogens is 1. The van der Waals surface area contributed by atoms with Crippen LogP contribution in [0.25, 0.3) is 0 Å². The second-order valence-electron chi connectivity index (χ2n) is 5.44. The molecule has 0 saturated carbocycles. The number of carbonyl (C=O) groups excluding carboxylic acids is 1. The standard InChI is InChI=1S/C14H20ClN3O2/c1-9(2)13-16-6-11(15)12(17-13)14(19)18-5-4-10(7-18)8-20-3/h6,9-10H,4-5,7-8H2,1-3H3. The van der Waals surface area contributed by atoms with E-state index in [4.69, 9.17) is 16.3 Å². The molecule has 1 aliphatic heterocycles. The maximum atomic E-state index is 12.5. The zero-order chi connectivity index (χ0) is 14.7. The number of carbonyl (C=O) groups is 1. The number of ether oxygens (including phenoxy) is 1. The van der Waals surface area contributed by atoms with E-state index in [1.165, 1.54) is 6.20 Å². The highest BCUT2D eigenvalue weighted by molar-refractivity contribution is 6.33. The summed E-state index contributed by atoms with van der Waals surface area (Å²) in [7, 11) is 1.68. The van der Waals surface area contributed by atoms with Gasteiger partial charge >= 0.3 is 0 Å². The molecular formula is C14H20ClN3O2. The quantitative estimate of drug-likeness (QED) is 0.856. The molecule has 0 N–H and O–H groups in total. The Balaban J connectivity index is 2.15. The molecule has 1 unspecified atom stereocenters. The highest BCUT2D eigenvalue weighted by atomic mass is 35.5. The molecule has 1 aromatic rings. The van der Waals surface area contributed by atoms with Gasteiger partial charge in [0.1, 0.15) is 5.82 Å². The van der Waals surface area contributed by atoms with E-state index >= 15 is 0 Å². The summed E-state index contributed by atoms with van der Waals surface area (Å²) in [6.45, 7) is 6.08. The van der Waals surface area contributed by atoms with Crippen LogP contribution in [-0.4, -0.2) is 47.6 Å². The van der Waals surface area contributed by atoms with E-state index in [9.17, 15) is 4.79 Å². The molecular weight excluding hydrogens is 278 g/mol. The Morgan fingerprint density at radius 2 is 2.35 bits per heavy atom. The zero-order valence-electron chi connectivity index (χ0n) is 12.1. The van der Waals surface area contributed by atoms with E-state index in [1.54, 1.807) is 12.0 Å². The van der Waals surface area contributed by atoms with Crippen LogP contribution in [0, 0.1) is 5.92 Å². The molecule has 1 fully saturated rings. The van der Waals surface area contributed by atoms with Crippen LogP contribution in [0.15, 0.2) is 6.20 Å². The lowest BCUT2D eigenvalue weighted by molar-refractivity contribution is 0.0769. The highest BCUT2D eigenvalue weighted by Crippen LogP contribution is 2.22. The maximum Gasteiger partial charge on any atom is 0.274 e. The van der Waals surface area contributed by atoms with Crippen LogP contribution >= 0.6 is 11.6 Å². The van der Waals surface area contributed by atoms with Crippen LogP contribution in [0.2, 0.25) is 5.02 Å². The second-order valence-corrected chi connectivity index (χ2v) is 5.85. The van der Waals surface area contributed by atoms with Gasteiger partial charge in [-0.05, 0) is 6.42 Å². The molecule has 2 rings (SSSR count). The number of likely N-dealkylation sites (tertiary alicyclic amines) is 1. The summed E-state index contributed by atoms with van der Waals surface area (Å²) in [5, 5.41) is 0.314. The molecule has 1 aromatic heterocycles. The molecule has 1 saturated heterocycles. The van der Waals surface area contributed by atoms with E-state index in [-0.39, 0.29) is 11.8 Å². The number of methoxy groups -OCH3 is 1. The van der Waals surface area contributed by atoms with Crippen molar-refractivity contribution in [1.29, 1.82) is 0 Å². The van der Waals surface area contributed by atoms with Gasteiger partial charge in [0.2, 0.25) is 0 Å². The zero-order valence-corrected chi connectivity index (χ0v) is 12.9. The lowest BCUT2D eigenvalue weighted by Crippen LogP contribution is -2.30. The minimum atomic E-state index is -0.113. The molecule has 0 spiro atoms. The first-order valence-corrected chi connectivity index (χ1v) is 7.21. The van der Waals surface area contributed by atoms with Crippen molar-refractivity contribution in [2.45, 2.75) is 26.2 Å². The molecule has 6 heteroatoms. The summed E-state index contributed by atoms with van der Waals surface area (Å²) in [4.78, 5) is 22.8. The van der Waals surface area contributed by atoms with Crippen molar-refractivity contribution in [3.8, 4) is 0 Å². The van der Waals surface area contributed by atoms with Gasteiger partial charge < -0.3 is 9.64 Å². The number of aromatic nitrogens is 2. The summed E-state index contributed by atoms with van der Waals surface area (Å²) in [6.07, 6.45) is 2.47. The van der Waals surface area contributed by atoms with Crippen molar-refractivity contribution >= 4 is 17.5 Å². The van der Waals surface area contributed by atoms with E-state index in [0.29, 0.717) is 35.6 Å². The normalized spacial score (nSPS) is 18.9. The Labute approximate surface area is 124 Å². The van der Waals surface area contributed by atoms with Gasteiger partial charge in [0.15, 0.2) is 5.69 Å². The lowest BCUT2D eigenvalue weighted by atomic mass is 10.1. The van der Waals surface area contributed by atoms with Crippen molar-refractivity contribution in [3.63, 3.8) is 0 Å². The molecule has 0 aliphatic carbocycles. The van der Waals surface area contributed by atoms with Crippen molar-refractivity contribution in [1.82, 2.24) is 14.9 Å². The van der Waals surface area contributed by atoms with Crippen molar-refractivity contribution in [2.24, 2.45) is 5.92 Å². The molecule has 0 radical (unpaired) electrons. The fourth-order valence-electron chi connectivity index (χ4n) is 2.35. The van der Waals surface area contributed by atoms with Crippen LogP contribution in [0.5, 0.6) is 0 Å². The first-order valence-electron chi connectivity index (χ1n) is 6.83. The van der Waals surface area contributed by atoms with Gasteiger partial charge in [-0.1, -0.05) is 25.4 Å². The van der Waals surface area contributed by atoms with Gasteiger partial charge in [-0.3, -0.25) is 4.79 Å². The highest BCUT2D eigenvalue weighted by Gasteiger charge is 2.29. The number of hydrogen-bond donors (Lipinski definition) is 0. The monoisotopic (exact) mass is 297 g/mol. The Bertz CT molecular complexity index is 493. The van der Waals surface area contributed by atoms with Crippen LogP contribution in [0.3, 0.4) is 0 Å². The lowest BCUT2D eigenvalue weighted by Gasteiger charge is -2.17. The third-order valence-corrected chi connectivity index (χ3v) is 3.73. The third kappa shape index (κ3) is 3.27. The average Bonchev–Trinajstić information content (AvgIpc) is 2.87. The molecule has 20 heavy (non-hydrogen) atoms. The van der Waals surface area contributed by atoms with Gasteiger partial charge in [-0.2, -0.15) is 0 Å². The maximum absolute atomic E-state index is 12.5. The van der Waals surface area contributed by atoms with E-state index in [0.717, 1.165) is 13.0 Å². The summed E-state index contributed by atoms with van der Waals surface area (Å²) in [5.74, 6) is 1.09. The average molecular weight is 298 g/mol. The molecule has 5 nitrogen and oxygen atoms in total. The van der Waals surface area contributed by atoms with Crippen LogP contribution in [0.1, 0.15) is 42.5 Å². The van der Waals surface area contributed by atoms with Gasteiger partial charge in [0.05, 0.1) is 17.8 Å². The summed E-state index contributed by atoms with van der Waals surface area (Å²) in [6, 6.07) is 0. The fourth-order valence-corrected chi connectivity index (χ4v) is 2.52. The Hall–Kier alpha value is -1.20. The molecule has 110 valence electrons.